The van der Waals surface area contributed by atoms with Crippen LogP contribution in [-0.4, -0.2) is 44.2 Å². The van der Waals surface area contributed by atoms with Gasteiger partial charge in [0, 0.05) is 25.3 Å². The summed E-state index contributed by atoms with van der Waals surface area (Å²) in [6.07, 6.45) is 7.62. The average molecular weight is 392 g/mol. The van der Waals surface area contributed by atoms with E-state index in [0.29, 0.717) is 32.5 Å². The standard InChI is InChI=1S/C20H29N3O3S/c1-2-21-27(25,26)16-9-11-23(12-10-16)20(24)22-19-17-7-3-5-14(17)13-15-6-4-8-18(15)19/h13,16,21H,2-12H2,1H3,(H,22,24). The van der Waals surface area contributed by atoms with Crippen molar-refractivity contribution in [1.29, 1.82) is 0 Å². The molecule has 1 aromatic rings. The number of rotatable bonds is 4. The molecular formula is C20H29N3O3S. The monoisotopic (exact) mass is 391 g/mol. The second kappa shape index (κ2) is 7.43. The Morgan fingerprint density at radius 1 is 1.07 bits per heavy atom. The van der Waals surface area contributed by atoms with E-state index in [2.05, 4.69) is 16.1 Å². The minimum absolute atomic E-state index is 0.0799. The van der Waals surface area contributed by atoms with Gasteiger partial charge in [-0.25, -0.2) is 17.9 Å². The van der Waals surface area contributed by atoms with Crippen LogP contribution in [0.1, 0.15) is 54.9 Å². The van der Waals surface area contributed by atoms with Gasteiger partial charge in [-0.3, -0.25) is 0 Å². The van der Waals surface area contributed by atoms with E-state index in [0.717, 1.165) is 44.2 Å². The van der Waals surface area contributed by atoms with Crippen LogP contribution in [-0.2, 0) is 35.7 Å². The molecule has 0 aromatic heterocycles. The highest BCUT2D eigenvalue weighted by Gasteiger charge is 2.32. The van der Waals surface area contributed by atoms with Crippen LogP contribution in [0.25, 0.3) is 0 Å². The molecule has 1 saturated heterocycles. The first-order chi connectivity index (χ1) is 13.0. The molecule has 27 heavy (non-hydrogen) atoms. The fourth-order valence-corrected chi connectivity index (χ4v) is 6.31. The molecule has 2 amide bonds. The second-order valence-corrected chi connectivity index (χ2v) is 9.94. The number of nitrogens with zero attached hydrogens (tertiary/aromatic N) is 1. The van der Waals surface area contributed by atoms with Crippen molar-refractivity contribution in [1.82, 2.24) is 9.62 Å². The third kappa shape index (κ3) is 3.59. The molecule has 0 spiro atoms. The summed E-state index contributed by atoms with van der Waals surface area (Å²) < 4.78 is 26.9. The van der Waals surface area contributed by atoms with Crippen molar-refractivity contribution >= 4 is 21.7 Å². The second-order valence-electron chi connectivity index (χ2n) is 7.89. The first-order valence-corrected chi connectivity index (χ1v) is 11.7. The summed E-state index contributed by atoms with van der Waals surface area (Å²) in [4.78, 5) is 14.7. The Morgan fingerprint density at radius 2 is 1.67 bits per heavy atom. The largest absolute Gasteiger partial charge is 0.324 e. The molecule has 1 heterocycles. The third-order valence-electron chi connectivity index (χ3n) is 6.22. The summed E-state index contributed by atoms with van der Waals surface area (Å²) in [5, 5.41) is 2.82. The van der Waals surface area contributed by atoms with Crippen LogP contribution in [0.5, 0.6) is 0 Å². The van der Waals surface area contributed by atoms with Crippen LogP contribution < -0.4 is 10.0 Å². The Kier molecular flexibility index (Phi) is 5.16. The molecule has 4 rings (SSSR count). The normalized spacial score (nSPS) is 19.8. The van der Waals surface area contributed by atoms with Crippen LogP contribution >= 0.6 is 0 Å². The van der Waals surface area contributed by atoms with E-state index in [1.54, 1.807) is 11.8 Å². The highest BCUT2D eigenvalue weighted by molar-refractivity contribution is 7.90. The minimum Gasteiger partial charge on any atom is -0.324 e. The summed E-state index contributed by atoms with van der Waals surface area (Å²) in [7, 11) is -3.27. The first kappa shape index (κ1) is 18.7. The highest BCUT2D eigenvalue weighted by Crippen LogP contribution is 2.38. The molecule has 1 fully saturated rings. The van der Waals surface area contributed by atoms with Crippen molar-refractivity contribution in [2.24, 2.45) is 0 Å². The van der Waals surface area contributed by atoms with Gasteiger partial charge in [0.25, 0.3) is 0 Å². The van der Waals surface area contributed by atoms with E-state index in [4.69, 9.17) is 0 Å². The molecule has 1 aliphatic heterocycles. The van der Waals surface area contributed by atoms with Gasteiger partial charge < -0.3 is 10.2 Å². The number of carbonyl (C=O) groups excluding carboxylic acids is 1. The van der Waals surface area contributed by atoms with Crippen LogP contribution in [0, 0.1) is 0 Å². The number of carbonyl (C=O) groups is 1. The molecule has 2 aliphatic carbocycles. The van der Waals surface area contributed by atoms with Gasteiger partial charge in [0.05, 0.1) is 5.25 Å². The predicted molar refractivity (Wildman–Crippen MR) is 107 cm³/mol. The van der Waals surface area contributed by atoms with E-state index in [1.807, 2.05) is 0 Å². The Morgan fingerprint density at radius 3 is 2.22 bits per heavy atom. The van der Waals surface area contributed by atoms with Gasteiger partial charge in [0.1, 0.15) is 0 Å². The zero-order chi connectivity index (χ0) is 19.0. The topological polar surface area (TPSA) is 78.5 Å². The summed E-state index contributed by atoms with van der Waals surface area (Å²) in [6, 6.07) is 2.28. The number of amides is 2. The highest BCUT2D eigenvalue weighted by atomic mass is 32.2. The number of sulfonamides is 1. The SMILES string of the molecule is CCNS(=O)(=O)C1CCN(C(=O)Nc2c3c(cc4c2CCC4)CCC3)CC1. The lowest BCUT2D eigenvalue weighted by molar-refractivity contribution is 0.200. The van der Waals surface area contributed by atoms with Gasteiger partial charge >= 0.3 is 6.03 Å². The molecule has 0 radical (unpaired) electrons. The number of nitrogens with one attached hydrogen (secondary N) is 2. The summed E-state index contributed by atoms with van der Waals surface area (Å²) >= 11 is 0. The van der Waals surface area contributed by atoms with Crippen molar-refractivity contribution < 1.29 is 13.2 Å². The number of likely N-dealkylation sites (tertiary alicyclic amines) is 1. The maximum absolute atomic E-state index is 12.9. The number of hydrogen-bond donors (Lipinski definition) is 2. The van der Waals surface area contributed by atoms with E-state index in [1.165, 1.54) is 22.3 Å². The van der Waals surface area contributed by atoms with Gasteiger partial charge in [-0.15, -0.1) is 0 Å². The lowest BCUT2D eigenvalue weighted by atomic mass is 9.99. The number of benzene rings is 1. The number of hydrogen-bond acceptors (Lipinski definition) is 3. The van der Waals surface area contributed by atoms with E-state index < -0.39 is 15.3 Å². The molecule has 0 saturated carbocycles. The van der Waals surface area contributed by atoms with Crippen molar-refractivity contribution in [2.75, 3.05) is 25.0 Å². The van der Waals surface area contributed by atoms with Gasteiger partial charge in [-0.05, 0) is 73.6 Å². The van der Waals surface area contributed by atoms with Crippen molar-refractivity contribution in [2.45, 2.75) is 63.5 Å². The van der Waals surface area contributed by atoms with Crippen LogP contribution in [0.3, 0.4) is 0 Å². The van der Waals surface area contributed by atoms with E-state index in [-0.39, 0.29) is 6.03 Å². The van der Waals surface area contributed by atoms with E-state index in [9.17, 15) is 13.2 Å². The van der Waals surface area contributed by atoms with Crippen molar-refractivity contribution in [3.05, 3.63) is 28.3 Å². The summed E-state index contributed by atoms with van der Waals surface area (Å²) in [6.45, 7) is 3.17. The van der Waals surface area contributed by atoms with E-state index >= 15 is 0 Å². The van der Waals surface area contributed by atoms with Crippen molar-refractivity contribution in [3.63, 3.8) is 0 Å². The van der Waals surface area contributed by atoms with Crippen LogP contribution in [0.15, 0.2) is 6.07 Å². The molecular weight excluding hydrogens is 362 g/mol. The zero-order valence-corrected chi connectivity index (χ0v) is 16.8. The Labute approximate surface area is 161 Å². The maximum atomic E-state index is 12.9. The average Bonchev–Trinajstić information content (AvgIpc) is 3.30. The van der Waals surface area contributed by atoms with Crippen LogP contribution in [0.2, 0.25) is 0 Å². The molecule has 6 nitrogen and oxygen atoms in total. The quantitative estimate of drug-likeness (QED) is 0.828. The summed E-state index contributed by atoms with van der Waals surface area (Å²) in [5.74, 6) is 0. The molecule has 2 N–H and O–H groups in total. The maximum Gasteiger partial charge on any atom is 0.321 e. The summed E-state index contributed by atoms with van der Waals surface area (Å²) in [5.41, 5.74) is 6.52. The lowest BCUT2D eigenvalue weighted by Gasteiger charge is -2.32. The van der Waals surface area contributed by atoms with Gasteiger partial charge in [-0.2, -0.15) is 0 Å². The predicted octanol–water partition coefficient (Wildman–Crippen LogP) is 2.60. The smallest absolute Gasteiger partial charge is 0.321 e. The number of aryl methyl sites for hydroxylation is 2. The van der Waals surface area contributed by atoms with Gasteiger partial charge in [-0.1, -0.05) is 13.0 Å². The minimum atomic E-state index is -3.27. The Balaban J connectivity index is 1.46. The Hall–Kier alpha value is -1.60. The van der Waals surface area contributed by atoms with Gasteiger partial charge in [0.2, 0.25) is 10.0 Å². The molecule has 7 heteroatoms. The lowest BCUT2D eigenvalue weighted by Crippen LogP contribution is -2.46. The first-order valence-electron chi connectivity index (χ1n) is 10.2. The third-order valence-corrected chi connectivity index (χ3v) is 8.26. The fraction of sp³-hybridized carbons (Fsp3) is 0.650. The molecule has 1 aromatic carbocycles. The number of urea groups is 1. The fourth-order valence-electron chi connectivity index (χ4n) is 4.84. The molecule has 0 bridgehead atoms. The number of fused-ring (bicyclic) bond motifs is 2. The molecule has 0 unspecified atom stereocenters. The molecule has 0 atom stereocenters. The van der Waals surface area contributed by atoms with Crippen LogP contribution in [0.4, 0.5) is 10.5 Å². The Bertz CT molecular complexity index is 810. The zero-order valence-electron chi connectivity index (χ0n) is 16.0. The number of piperidine rings is 1. The molecule has 3 aliphatic rings. The van der Waals surface area contributed by atoms with Gasteiger partial charge in [0.15, 0.2) is 0 Å². The molecule has 148 valence electrons. The number of anilines is 1. The van der Waals surface area contributed by atoms with Crippen molar-refractivity contribution in [3.8, 4) is 0 Å².